The third-order valence-electron chi connectivity index (χ3n) is 4.65. The van der Waals surface area contributed by atoms with Gasteiger partial charge in [0.2, 0.25) is 0 Å². The molecule has 1 aliphatic rings. The summed E-state index contributed by atoms with van der Waals surface area (Å²) in [6, 6.07) is 10.4. The maximum Gasteiger partial charge on any atom is 0.411 e. The van der Waals surface area contributed by atoms with Crippen molar-refractivity contribution >= 4 is 44.5 Å². The zero-order valence-corrected chi connectivity index (χ0v) is 18.3. The third-order valence-corrected chi connectivity index (χ3v) is 5.34. The summed E-state index contributed by atoms with van der Waals surface area (Å²) >= 11 is 3.48. The molecule has 1 atom stereocenters. The Hall–Kier alpha value is -2.41. The molecule has 0 saturated carbocycles. The highest BCUT2D eigenvalue weighted by Gasteiger charge is 2.37. The predicted octanol–water partition coefficient (Wildman–Crippen LogP) is 4.73. The number of amides is 1. The van der Waals surface area contributed by atoms with Crippen LogP contribution < -0.4 is 0 Å². The Morgan fingerprint density at radius 1 is 1.17 bits per heavy atom. The number of Topliss-reactive ketones (excluding diaryl/α,β-unsaturated/α-hetero) is 1. The average molecular weight is 462 g/mol. The molecule has 0 aliphatic carbocycles. The summed E-state index contributed by atoms with van der Waals surface area (Å²) in [5, 5.41) is 1.92. The molecule has 1 heterocycles. The van der Waals surface area contributed by atoms with Crippen LogP contribution in [0.3, 0.4) is 0 Å². The molecule has 0 aromatic heterocycles. The highest BCUT2D eigenvalue weighted by atomic mass is 79.9. The van der Waals surface area contributed by atoms with E-state index in [2.05, 4.69) is 15.9 Å². The van der Waals surface area contributed by atoms with Crippen molar-refractivity contribution in [1.29, 1.82) is 0 Å². The molecule has 29 heavy (non-hydrogen) atoms. The van der Waals surface area contributed by atoms with Crippen LogP contribution in [0.5, 0.6) is 0 Å². The molecule has 0 radical (unpaired) electrons. The van der Waals surface area contributed by atoms with Crippen LogP contribution in [0.4, 0.5) is 4.79 Å². The number of carbonyl (C=O) groups excluding carboxylic acids is 3. The van der Waals surface area contributed by atoms with Gasteiger partial charge >= 0.3 is 12.1 Å². The molecule has 0 unspecified atom stereocenters. The lowest BCUT2D eigenvalue weighted by molar-refractivity contribution is -0.147. The minimum Gasteiger partial charge on any atom is -0.456 e. The largest absolute Gasteiger partial charge is 0.456 e. The molecule has 154 valence electrons. The van der Waals surface area contributed by atoms with Gasteiger partial charge in [-0.3, -0.25) is 9.69 Å². The zero-order valence-electron chi connectivity index (χ0n) is 16.7. The number of benzene rings is 2. The van der Waals surface area contributed by atoms with E-state index >= 15 is 0 Å². The molecule has 2 aromatic rings. The number of ether oxygens (including phenoxy) is 2. The minimum absolute atomic E-state index is 0.290. The normalized spacial score (nSPS) is 16.7. The van der Waals surface area contributed by atoms with E-state index in [9.17, 15) is 14.4 Å². The molecule has 6 nitrogen and oxygen atoms in total. The number of hydrogen-bond donors (Lipinski definition) is 0. The van der Waals surface area contributed by atoms with E-state index < -0.39 is 23.7 Å². The van der Waals surface area contributed by atoms with E-state index in [0.717, 1.165) is 15.2 Å². The van der Waals surface area contributed by atoms with Crippen molar-refractivity contribution in [3.8, 4) is 0 Å². The average Bonchev–Trinajstić information content (AvgIpc) is 3.14. The number of likely N-dealkylation sites (tertiary alicyclic amines) is 1. The Morgan fingerprint density at radius 3 is 2.66 bits per heavy atom. The second-order valence-corrected chi connectivity index (χ2v) is 8.89. The van der Waals surface area contributed by atoms with Crippen LogP contribution in [-0.2, 0) is 14.3 Å². The third kappa shape index (κ3) is 5.15. The van der Waals surface area contributed by atoms with Gasteiger partial charge in [-0.05, 0) is 56.5 Å². The molecule has 1 saturated heterocycles. The van der Waals surface area contributed by atoms with Gasteiger partial charge in [-0.15, -0.1) is 0 Å². The molecule has 1 aliphatic heterocycles. The molecular weight excluding hydrogens is 438 g/mol. The summed E-state index contributed by atoms with van der Waals surface area (Å²) < 4.78 is 11.5. The monoisotopic (exact) mass is 461 g/mol. The first-order valence-electron chi connectivity index (χ1n) is 9.53. The number of fused-ring (bicyclic) bond motifs is 1. The summed E-state index contributed by atoms with van der Waals surface area (Å²) in [7, 11) is 0. The van der Waals surface area contributed by atoms with Crippen molar-refractivity contribution in [3.05, 3.63) is 46.4 Å². The number of hydrogen-bond acceptors (Lipinski definition) is 5. The van der Waals surface area contributed by atoms with Crippen LogP contribution in [0.25, 0.3) is 10.8 Å². The first-order chi connectivity index (χ1) is 13.7. The zero-order chi connectivity index (χ0) is 21.2. The van der Waals surface area contributed by atoms with Gasteiger partial charge in [-0.25, -0.2) is 9.59 Å². The molecular formula is C22H24BrNO5. The van der Waals surface area contributed by atoms with Gasteiger partial charge in [-0.2, -0.15) is 0 Å². The lowest BCUT2D eigenvalue weighted by Gasteiger charge is -2.27. The Labute approximate surface area is 178 Å². The van der Waals surface area contributed by atoms with Crippen LogP contribution in [0.2, 0.25) is 0 Å². The highest BCUT2D eigenvalue weighted by Crippen LogP contribution is 2.25. The summed E-state index contributed by atoms with van der Waals surface area (Å²) in [6.45, 7) is 5.39. The molecule has 0 N–H and O–H groups in total. The van der Waals surface area contributed by atoms with Crippen molar-refractivity contribution < 1.29 is 23.9 Å². The summed E-state index contributed by atoms with van der Waals surface area (Å²) in [6.07, 6.45) is 0.645. The van der Waals surface area contributed by atoms with Crippen molar-refractivity contribution in [1.82, 2.24) is 4.90 Å². The van der Waals surface area contributed by atoms with Crippen LogP contribution in [0, 0.1) is 0 Å². The predicted molar refractivity (Wildman–Crippen MR) is 113 cm³/mol. The molecule has 1 fully saturated rings. The Balaban J connectivity index is 1.62. The van der Waals surface area contributed by atoms with E-state index in [1.54, 1.807) is 32.9 Å². The summed E-state index contributed by atoms with van der Waals surface area (Å²) in [5.41, 5.74) is -0.173. The number of ketones is 1. The lowest BCUT2D eigenvalue weighted by Crippen LogP contribution is -2.44. The summed E-state index contributed by atoms with van der Waals surface area (Å²) in [4.78, 5) is 38.7. The highest BCUT2D eigenvalue weighted by molar-refractivity contribution is 9.10. The first kappa shape index (κ1) is 21.3. The molecule has 7 heteroatoms. The van der Waals surface area contributed by atoms with Gasteiger partial charge < -0.3 is 9.47 Å². The van der Waals surface area contributed by atoms with E-state index in [-0.39, 0.29) is 12.4 Å². The van der Waals surface area contributed by atoms with Gasteiger partial charge in [0.15, 0.2) is 12.4 Å². The number of nitrogens with zero attached hydrogens (tertiary/aromatic N) is 1. The van der Waals surface area contributed by atoms with Crippen LogP contribution in [0.1, 0.15) is 44.0 Å². The second-order valence-electron chi connectivity index (χ2n) is 8.04. The van der Waals surface area contributed by atoms with E-state index in [1.807, 2.05) is 24.3 Å². The standard InChI is InChI=1S/C22H24BrNO5/c1-22(2,3)29-21(27)24-11-5-8-18(24)20(26)28-13-19(25)15-9-10-16-14(12-15)6-4-7-17(16)23/h4,6-7,9-10,12,18H,5,8,11,13H2,1-3H3/t18-/m0/s1. The van der Waals surface area contributed by atoms with Gasteiger partial charge in [0, 0.05) is 16.6 Å². The van der Waals surface area contributed by atoms with Gasteiger partial charge in [0.05, 0.1) is 0 Å². The quantitative estimate of drug-likeness (QED) is 0.486. The first-order valence-corrected chi connectivity index (χ1v) is 10.3. The van der Waals surface area contributed by atoms with E-state index in [0.29, 0.717) is 24.9 Å². The van der Waals surface area contributed by atoms with Crippen molar-refractivity contribution in [2.24, 2.45) is 0 Å². The van der Waals surface area contributed by atoms with Gasteiger partial charge in [0.25, 0.3) is 0 Å². The van der Waals surface area contributed by atoms with Crippen molar-refractivity contribution in [2.45, 2.75) is 45.3 Å². The van der Waals surface area contributed by atoms with Crippen LogP contribution >= 0.6 is 15.9 Å². The maximum absolute atomic E-state index is 12.5. The number of esters is 1. The number of carbonyl (C=O) groups is 3. The Morgan fingerprint density at radius 2 is 1.93 bits per heavy atom. The second kappa shape index (κ2) is 8.53. The number of rotatable bonds is 4. The molecule has 3 rings (SSSR count). The van der Waals surface area contributed by atoms with Gasteiger partial charge in [-0.1, -0.05) is 40.2 Å². The maximum atomic E-state index is 12.5. The smallest absolute Gasteiger partial charge is 0.411 e. The minimum atomic E-state index is -0.717. The summed E-state index contributed by atoms with van der Waals surface area (Å²) in [5.74, 6) is -0.868. The van der Waals surface area contributed by atoms with Crippen LogP contribution in [-0.4, -0.2) is 47.5 Å². The van der Waals surface area contributed by atoms with Crippen molar-refractivity contribution in [2.75, 3.05) is 13.2 Å². The fraction of sp³-hybridized carbons (Fsp3) is 0.409. The Kier molecular flexibility index (Phi) is 6.27. The van der Waals surface area contributed by atoms with Crippen LogP contribution in [0.15, 0.2) is 40.9 Å². The van der Waals surface area contributed by atoms with E-state index in [1.165, 1.54) is 4.90 Å². The molecule has 0 bridgehead atoms. The molecule has 0 spiro atoms. The van der Waals surface area contributed by atoms with E-state index in [4.69, 9.17) is 9.47 Å². The number of halogens is 1. The van der Waals surface area contributed by atoms with Crippen molar-refractivity contribution in [3.63, 3.8) is 0 Å². The Bertz CT molecular complexity index is 950. The topological polar surface area (TPSA) is 72.9 Å². The fourth-order valence-electron chi connectivity index (χ4n) is 3.28. The molecule has 1 amide bonds. The molecule has 2 aromatic carbocycles. The SMILES string of the molecule is CC(C)(C)OC(=O)N1CCC[C@H]1C(=O)OCC(=O)c1ccc2c(Br)cccc2c1. The van der Waals surface area contributed by atoms with Gasteiger partial charge in [0.1, 0.15) is 11.6 Å². The lowest BCUT2D eigenvalue weighted by atomic mass is 10.0. The fourth-order valence-corrected chi connectivity index (χ4v) is 3.80.